The second kappa shape index (κ2) is 9.41. The van der Waals surface area contributed by atoms with E-state index in [0.29, 0.717) is 23.7 Å². The monoisotopic (exact) mass is 459 g/mol. The fourth-order valence-electron chi connectivity index (χ4n) is 5.09. The maximum absolute atomic E-state index is 12.9. The molecule has 2 aromatic rings. The van der Waals surface area contributed by atoms with E-state index in [1.54, 1.807) is 12.1 Å². The van der Waals surface area contributed by atoms with Crippen molar-refractivity contribution in [1.82, 2.24) is 10.2 Å². The minimum absolute atomic E-state index is 0.227. The van der Waals surface area contributed by atoms with Gasteiger partial charge in [-0.05, 0) is 61.3 Å². The third-order valence-electron chi connectivity index (χ3n) is 7.14. The molecular formula is C27H29N3O4. The van der Waals surface area contributed by atoms with Gasteiger partial charge in [0.15, 0.2) is 0 Å². The first-order valence-corrected chi connectivity index (χ1v) is 12.2. The first kappa shape index (κ1) is 22.3. The number of benzene rings is 2. The van der Waals surface area contributed by atoms with Gasteiger partial charge in [-0.2, -0.15) is 0 Å². The Kier molecular flexibility index (Phi) is 6.18. The first-order chi connectivity index (χ1) is 16.5. The smallest absolute Gasteiger partial charge is 0.313 e. The molecule has 0 spiro atoms. The highest BCUT2D eigenvalue weighted by Gasteiger charge is 2.39. The molecule has 5 rings (SSSR count). The highest BCUT2D eigenvalue weighted by Crippen LogP contribution is 2.35. The minimum Gasteiger partial charge on any atom is -0.341 e. The number of anilines is 1. The Hall–Kier alpha value is -3.48. The molecule has 1 aliphatic heterocycles. The van der Waals surface area contributed by atoms with Crippen LogP contribution in [-0.2, 0) is 9.59 Å². The van der Waals surface area contributed by atoms with Crippen molar-refractivity contribution < 1.29 is 19.2 Å². The van der Waals surface area contributed by atoms with Gasteiger partial charge in [0.25, 0.3) is 11.8 Å². The molecule has 34 heavy (non-hydrogen) atoms. The minimum atomic E-state index is -0.789. The molecule has 2 saturated carbocycles. The van der Waals surface area contributed by atoms with Crippen LogP contribution in [0.2, 0.25) is 0 Å². The Morgan fingerprint density at radius 1 is 0.853 bits per heavy atom. The number of carbonyl (C=O) groups is 4. The quantitative estimate of drug-likeness (QED) is 0.503. The number of hydrogen-bond donors (Lipinski definition) is 2. The summed E-state index contributed by atoms with van der Waals surface area (Å²) in [5, 5.41) is 5.55. The van der Waals surface area contributed by atoms with Gasteiger partial charge in [-0.15, -0.1) is 0 Å². The number of imide groups is 1. The van der Waals surface area contributed by atoms with Crippen molar-refractivity contribution in [2.45, 2.75) is 51.0 Å². The van der Waals surface area contributed by atoms with Gasteiger partial charge >= 0.3 is 11.8 Å². The Bertz CT molecular complexity index is 1120. The first-order valence-electron chi connectivity index (χ1n) is 12.2. The molecule has 4 amide bonds. The second-order valence-electron chi connectivity index (χ2n) is 9.64. The summed E-state index contributed by atoms with van der Waals surface area (Å²) >= 11 is 0. The molecule has 1 atom stereocenters. The van der Waals surface area contributed by atoms with E-state index >= 15 is 0 Å². The highest BCUT2D eigenvalue weighted by atomic mass is 16.2. The van der Waals surface area contributed by atoms with Gasteiger partial charge in [-0.3, -0.25) is 24.1 Å². The van der Waals surface area contributed by atoms with E-state index < -0.39 is 11.8 Å². The molecule has 176 valence electrons. The summed E-state index contributed by atoms with van der Waals surface area (Å²) < 4.78 is 0. The number of rotatable bonds is 6. The van der Waals surface area contributed by atoms with Gasteiger partial charge in [-0.25, -0.2) is 0 Å². The van der Waals surface area contributed by atoms with E-state index in [1.165, 1.54) is 17.4 Å². The van der Waals surface area contributed by atoms with E-state index in [9.17, 15) is 19.2 Å². The van der Waals surface area contributed by atoms with E-state index in [2.05, 4.69) is 10.6 Å². The highest BCUT2D eigenvalue weighted by molar-refractivity contribution is 6.39. The van der Waals surface area contributed by atoms with Crippen molar-refractivity contribution in [3.05, 3.63) is 65.2 Å². The number of carbonyl (C=O) groups excluding carboxylic acids is 4. The van der Waals surface area contributed by atoms with Crippen LogP contribution in [0.25, 0.3) is 0 Å². The van der Waals surface area contributed by atoms with Gasteiger partial charge in [0.05, 0.1) is 17.2 Å². The zero-order valence-corrected chi connectivity index (χ0v) is 19.1. The summed E-state index contributed by atoms with van der Waals surface area (Å²) in [6.07, 6.45) is 7.54. The van der Waals surface area contributed by atoms with Crippen LogP contribution in [0.4, 0.5) is 5.69 Å². The van der Waals surface area contributed by atoms with Crippen LogP contribution >= 0.6 is 0 Å². The number of nitrogens with zero attached hydrogens (tertiary/aromatic N) is 1. The predicted octanol–water partition coefficient (Wildman–Crippen LogP) is 4.07. The summed E-state index contributed by atoms with van der Waals surface area (Å²) in [4.78, 5) is 52.2. The van der Waals surface area contributed by atoms with Gasteiger partial charge in [-0.1, -0.05) is 49.6 Å². The molecule has 7 nitrogen and oxygen atoms in total. The van der Waals surface area contributed by atoms with Crippen LogP contribution in [0.15, 0.2) is 48.5 Å². The molecule has 0 saturated heterocycles. The maximum Gasteiger partial charge on any atom is 0.313 e. The number of amides is 4. The van der Waals surface area contributed by atoms with Crippen LogP contribution < -0.4 is 10.6 Å². The Morgan fingerprint density at radius 3 is 2.26 bits per heavy atom. The maximum atomic E-state index is 12.9. The molecule has 3 aliphatic rings. The fourth-order valence-corrected chi connectivity index (χ4v) is 5.09. The third kappa shape index (κ3) is 4.60. The molecule has 2 fully saturated rings. The molecule has 0 bridgehead atoms. The molecule has 7 heteroatoms. The van der Waals surface area contributed by atoms with Crippen LogP contribution in [0.5, 0.6) is 0 Å². The molecular weight excluding hydrogens is 430 g/mol. The molecule has 1 heterocycles. The van der Waals surface area contributed by atoms with Crippen molar-refractivity contribution in [2.75, 3.05) is 11.9 Å². The summed E-state index contributed by atoms with van der Waals surface area (Å²) in [5.41, 5.74) is 1.93. The number of nitrogens with one attached hydrogen (secondary N) is 2. The lowest BCUT2D eigenvalue weighted by Gasteiger charge is -2.31. The van der Waals surface area contributed by atoms with Crippen molar-refractivity contribution in [3.8, 4) is 0 Å². The average molecular weight is 460 g/mol. The van der Waals surface area contributed by atoms with Crippen LogP contribution in [0, 0.1) is 11.8 Å². The molecule has 2 aliphatic carbocycles. The lowest BCUT2D eigenvalue weighted by molar-refractivity contribution is -0.137. The largest absolute Gasteiger partial charge is 0.341 e. The van der Waals surface area contributed by atoms with E-state index in [4.69, 9.17) is 0 Å². The second-order valence-corrected chi connectivity index (χ2v) is 9.64. The third-order valence-corrected chi connectivity index (χ3v) is 7.14. The van der Waals surface area contributed by atoms with Crippen LogP contribution in [0.1, 0.15) is 77.3 Å². The molecule has 0 aromatic heterocycles. The molecule has 2 aromatic carbocycles. The standard InChI is InChI=1S/C27H29N3O4/c31-24(25(32)29-23(18-7-3-1-4-8-18)19-9-5-2-6-10-19)28-20-13-14-21-22(15-20)27(34)30(26(21)33)16-17-11-12-17/h1,3-4,7-8,13-15,17,19,23H,2,5-6,9-12,16H2,(H,28,31)(H,29,32)/t23-/m0/s1. The van der Waals surface area contributed by atoms with E-state index in [-0.39, 0.29) is 29.3 Å². The van der Waals surface area contributed by atoms with Crippen molar-refractivity contribution in [1.29, 1.82) is 0 Å². The average Bonchev–Trinajstić information content (AvgIpc) is 3.66. The predicted molar refractivity (Wildman–Crippen MR) is 127 cm³/mol. The van der Waals surface area contributed by atoms with Crippen LogP contribution in [-0.4, -0.2) is 35.1 Å². The van der Waals surface area contributed by atoms with Gasteiger partial charge < -0.3 is 10.6 Å². The van der Waals surface area contributed by atoms with E-state index in [0.717, 1.165) is 44.1 Å². The lowest BCUT2D eigenvalue weighted by Crippen LogP contribution is -2.40. The Morgan fingerprint density at radius 2 is 1.56 bits per heavy atom. The normalized spacial score (nSPS) is 19.0. The van der Waals surface area contributed by atoms with Crippen molar-refractivity contribution >= 4 is 29.3 Å². The summed E-state index contributed by atoms with van der Waals surface area (Å²) in [7, 11) is 0. The zero-order chi connectivity index (χ0) is 23.7. The molecule has 0 radical (unpaired) electrons. The van der Waals surface area contributed by atoms with Crippen molar-refractivity contribution in [3.63, 3.8) is 0 Å². The number of hydrogen-bond acceptors (Lipinski definition) is 4. The molecule has 2 N–H and O–H groups in total. The summed E-state index contributed by atoms with van der Waals surface area (Å²) in [5.74, 6) is -1.45. The Labute approximate surface area is 198 Å². The topological polar surface area (TPSA) is 95.6 Å². The van der Waals surface area contributed by atoms with Gasteiger partial charge in [0.1, 0.15) is 0 Å². The lowest BCUT2D eigenvalue weighted by atomic mass is 9.81. The van der Waals surface area contributed by atoms with Crippen molar-refractivity contribution in [2.24, 2.45) is 11.8 Å². The van der Waals surface area contributed by atoms with Gasteiger partial charge in [0.2, 0.25) is 0 Å². The van der Waals surface area contributed by atoms with Gasteiger partial charge in [0, 0.05) is 12.2 Å². The Balaban J connectivity index is 1.27. The fraction of sp³-hybridized carbons (Fsp3) is 0.407. The summed E-state index contributed by atoms with van der Waals surface area (Å²) in [6, 6.07) is 14.1. The van der Waals surface area contributed by atoms with E-state index in [1.807, 2.05) is 30.3 Å². The zero-order valence-electron chi connectivity index (χ0n) is 19.1. The SMILES string of the molecule is O=C(Nc1ccc2c(c1)C(=O)N(CC1CC1)C2=O)C(=O)N[C@@H](c1ccccc1)C1CCCCC1. The number of fused-ring (bicyclic) bond motifs is 1. The van der Waals surface area contributed by atoms with Crippen LogP contribution in [0.3, 0.4) is 0 Å². The molecule has 0 unspecified atom stereocenters. The summed E-state index contributed by atoms with van der Waals surface area (Å²) in [6.45, 7) is 0.443.